The first-order valence-electron chi connectivity index (χ1n) is 8.39. The third-order valence-corrected chi connectivity index (χ3v) is 5.27. The Morgan fingerprint density at radius 3 is 2.65 bits per heavy atom. The number of nitrogens with one attached hydrogen (secondary N) is 1. The molecule has 0 aliphatic carbocycles. The van der Waals surface area contributed by atoms with Gasteiger partial charge >= 0.3 is 0 Å². The number of hydrogen-bond donors (Lipinski definition) is 1. The van der Waals surface area contributed by atoms with Crippen molar-refractivity contribution in [2.24, 2.45) is 0 Å². The first-order chi connectivity index (χ1) is 12.7. The number of carbonyl (C=O) groups is 2. The van der Waals surface area contributed by atoms with E-state index in [1.54, 1.807) is 4.90 Å². The summed E-state index contributed by atoms with van der Waals surface area (Å²) in [6.07, 6.45) is 0. The molecular formula is C20H18N2O3S. The second kappa shape index (κ2) is 7.25. The zero-order valence-electron chi connectivity index (χ0n) is 14.1. The Morgan fingerprint density at radius 1 is 1.15 bits per heavy atom. The highest BCUT2D eigenvalue weighted by atomic mass is 32.2. The number of rotatable bonds is 5. The molecule has 2 heterocycles. The Labute approximate surface area is 155 Å². The maximum Gasteiger partial charge on any atom is 0.240 e. The minimum absolute atomic E-state index is 0.00477. The van der Waals surface area contributed by atoms with Gasteiger partial charge in [0.15, 0.2) is 0 Å². The van der Waals surface area contributed by atoms with Crippen molar-refractivity contribution in [2.75, 3.05) is 18.2 Å². The quantitative estimate of drug-likeness (QED) is 0.753. The lowest BCUT2D eigenvalue weighted by molar-refractivity contribution is -0.132. The molecule has 5 nitrogen and oxygen atoms in total. The van der Waals surface area contributed by atoms with E-state index in [1.807, 2.05) is 60.7 Å². The molecule has 1 aliphatic heterocycles. The van der Waals surface area contributed by atoms with Gasteiger partial charge in [-0.15, -0.1) is 11.8 Å². The predicted molar refractivity (Wildman–Crippen MR) is 102 cm³/mol. The molecular weight excluding hydrogens is 348 g/mol. The van der Waals surface area contributed by atoms with Gasteiger partial charge in [0.05, 0.1) is 11.6 Å². The van der Waals surface area contributed by atoms with Crippen molar-refractivity contribution in [3.8, 4) is 0 Å². The number of hydrogen-bond acceptors (Lipinski definition) is 4. The molecule has 1 atom stereocenters. The van der Waals surface area contributed by atoms with Gasteiger partial charge in [0.25, 0.3) is 0 Å². The topological polar surface area (TPSA) is 62.6 Å². The van der Waals surface area contributed by atoms with E-state index in [1.165, 1.54) is 11.8 Å². The molecule has 0 saturated carbocycles. The van der Waals surface area contributed by atoms with Gasteiger partial charge in [0.2, 0.25) is 11.8 Å². The molecule has 3 aromatic rings. The van der Waals surface area contributed by atoms with Crippen molar-refractivity contribution in [1.82, 2.24) is 10.2 Å². The average Bonchev–Trinajstić information content (AvgIpc) is 3.26. The number of para-hydroxylation sites is 1. The van der Waals surface area contributed by atoms with E-state index in [0.29, 0.717) is 17.4 Å². The standard InChI is InChI=1S/C20H18N2O3S/c23-18(11-22-13-26-12-19(22)24)21-20(14-6-2-1-3-7-14)17-10-15-8-4-5-9-16(15)25-17/h1-10,20H,11-13H2,(H,21,23)/t20-/m0/s1. The van der Waals surface area contributed by atoms with E-state index in [4.69, 9.17) is 4.42 Å². The molecule has 132 valence electrons. The van der Waals surface area contributed by atoms with Gasteiger partial charge in [-0.25, -0.2) is 0 Å². The summed E-state index contributed by atoms with van der Waals surface area (Å²) in [7, 11) is 0. The Balaban J connectivity index is 1.61. The van der Waals surface area contributed by atoms with Gasteiger partial charge in [0.1, 0.15) is 23.9 Å². The van der Waals surface area contributed by atoms with Gasteiger partial charge < -0.3 is 14.6 Å². The molecule has 1 aromatic heterocycles. The minimum atomic E-state index is -0.401. The van der Waals surface area contributed by atoms with Crippen LogP contribution < -0.4 is 5.32 Å². The van der Waals surface area contributed by atoms with Crippen LogP contribution in [0.5, 0.6) is 0 Å². The summed E-state index contributed by atoms with van der Waals surface area (Å²) in [4.78, 5) is 25.9. The maximum atomic E-state index is 12.6. The van der Waals surface area contributed by atoms with Crippen molar-refractivity contribution in [3.05, 3.63) is 72.0 Å². The summed E-state index contributed by atoms with van der Waals surface area (Å²) in [5.74, 6) is 1.49. The fraction of sp³-hybridized carbons (Fsp3) is 0.200. The highest BCUT2D eigenvalue weighted by Gasteiger charge is 2.26. The zero-order chi connectivity index (χ0) is 17.9. The molecule has 26 heavy (non-hydrogen) atoms. The van der Waals surface area contributed by atoms with Crippen LogP contribution in [0, 0.1) is 0 Å². The Morgan fingerprint density at radius 2 is 1.92 bits per heavy atom. The Hall–Kier alpha value is -2.73. The summed E-state index contributed by atoms with van der Waals surface area (Å²) in [5, 5.41) is 4.01. The van der Waals surface area contributed by atoms with Crippen LogP contribution in [-0.4, -0.2) is 34.9 Å². The summed E-state index contributed by atoms with van der Waals surface area (Å²) < 4.78 is 5.98. The molecule has 1 N–H and O–H groups in total. The number of fused-ring (bicyclic) bond motifs is 1. The number of carbonyl (C=O) groups excluding carboxylic acids is 2. The van der Waals surface area contributed by atoms with Crippen molar-refractivity contribution >= 4 is 34.5 Å². The largest absolute Gasteiger partial charge is 0.459 e. The van der Waals surface area contributed by atoms with Gasteiger partial charge in [-0.3, -0.25) is 9.59 Å². The van der Waals surface area contributed by atoms with Crippen LogP contribution in [0.15, 0.2) is 65.1 Å². The SMILES string of the molecule is O=C(CN1CSCC1=O)N[C@@H](c1ccccc1)c1cc2ccccc2o1. The number of benzene rings is 2. The second-order valence-electron chi connectivity index (χ2n) is 6.17. The summed E-state index contributed by atoms with van der Waals surface area (Å²) in [6.45, 7) is 0.0649. The highest BCUT2D eigenvalue weighted by molar-refractivity contribution is 8.00. The van der Waals surface area contributed by atoms with E-state index >= 15 is 0 Å². The lowest BCUT2D eigenvalue weighted by Crippen LogP contribution is -2.39. The van der Waals surface area contributed by atoms with Crippen LogP contribution >= 0.6 is 11.8 Å². The molecule has 6 heteroatoms. The fourth-order valence-electron chi connectivity index (χ4n) is 3.03. The normalized spacial score (nSPS) is 15.4. The van der Waals surface area contributed by atoms with E-state index in [-0.39, 0.29) is 18.4 Å². The summed E-state index contributed by atoms with van der Waals surface area (Å²) in [6, 6.07) is 19.0. The molecule has 1 fully saturated rings. The smallest absolute Gasteiger partial charge is 0.240 e. The van der Waals surface area contributed by atoms with Crippen LogP contribution in [-0.2, 0) is 9.59 Å². The fourth-order valence-corrected chi connectivity index (χ4v) is 3.93. The number of nitrogens with zero attached hydrogens (tertiary/aromatic N) is 1. The zero-order valence-corrected chi connectivity index (χ0v) is 14.9. The Kier molecular flexibility index (Phi) is 4.67. The van der Waals surface area contributed by atoms with Crippen molar-refractivity contribution in [2.45, 2.75) is 6.04 Å². The Bertz CT molecular complexity index is 905. The van der Waals surface area contributed by atoms with E-state index < -0.39 is 6.04 Å². The lowest BCUT2D eigenvalue weighted by Gasteiger charge is -2.20. The van der Waals surface area contributed by atoms with Gasteiger partial charge in [-0.05, 0) is 17.7 Å². The van der Waals surface area contributed by atoms with E-state index in [2.05, 4.69) is 5.32 Å². The van der Waals surface area contributed by atoms with Crippen LogP contribution in [0.2, 0.25) is 0 Å². The molecule has 0 spiro atoms. The first kappa shape index (κ1) is 16.7. The molecule has 1 aliphatic rings. The molecule has 2 amide bonds. The molecule has 0 unspecified atom stereocenters. The summed E-state index contributed by atoms with van der Waals surface area (Å²) >= 11 is 1.52. The number of furan rings is 1. The van der Waals surface area contributed by atoms with Crippen LogP contribution in [0.3, 0.4) is 0 Å². The highest BCUT2D eigenvalue weighted by Crippen LogP contribution is 2.28. The maximum absolute atomic E-state index is 12.6. The minimum Gasteiger partial charge on any atom is -0.459 e. The molecule has 0 bridgehead atoms. The van der Waals surface area contributed by atoms with Crippen molar-refractivity contribution < 1.29 is 14.0 Å². The molecule has 4 rings (SSSR count). The second-order valence-corrected chi connectivity index (χ2v) is 7.12. The third-order valence-electron chi connectivity index (χ3n) is 4.33. The van der Waals surface area contributed by atoms with Crippen molar-refractivity contribution in [1.29, 1.82) is 0 Å². The van der Waals surface area contributed by atoms with Crippen LogP contribution in [0.1, 0.15) is 17.4 Å². The molecule has 2 aromatic carbocycles. The molecule has 1 saturated heterocycles. The third kappa shape index (κ3) is 3.46. The van der Waals surface area contributed by atoms with Gasteiger partial charge in [-0.2, -0.15) is 0 Å². The monoisotopic (exact) mass is 366 g/mol. The lowest BCUT2D eigenvalue weighted by atomic mass is 10.0. The van der Waals surface area contributed by atoms with Crippen LogP contribution in [0.4, 0.5) is 0 Å². The van der Waals surface area contributed by atoms with Crippen LogP contribution in [0.25, 0.3) is 11.0 Å². The van der Waals surface area contributed by atoms with Gasteiger partial charge in [-0.1, -0.05) is 48.5 Å². The van der Waals surface area contributed by atoms with E-state index in [9.17, 15) is 9.59 Å². The van der Waals surface area contributed by atoms with Crippen molar-refractivity contribution in [3.63, 3.8) is 0 Å². The first-order valence-corrected chi connectivity index (χ1v) is 9.54. The summed E-state index contributed by atoms with van der Waals surface area (Å²) in [5.41, 5.74) is 1.71. The number of amides is 2. The van der Waals surface area contributed by atoms with Gasteiger partial charge in [0, 0.05) is 5.39 Å². The average molecular weight is 366 g/mol. The van der Waals surface area contributed by atoms with E-state index in [0.717, 1.165) is 16.5 Å². The number of thioether (sulfide) groups is 1. The predicted octanol–water partition coefficient (Wildman–Crippen LogP) is 3.17. The molecule has 0 radical (unpaired) electrons.